The third-order valence-corrected chi connectivity index (χ3v) is 11.5. The number of alkyl halides is 1. The highest BCUT2D eigenvalue weighted by atomic mass is 79.9. The first-order chi connectivity index (χ1) is 18.7. The first-order valence-corrected chi connectivity index (χ1v) is 15.6. The van der Waals surface area contributed by atoms with Crippen molar-refractivity contribution >= 4 is 62.8 Å². The highest BCUT2D eigenvalue weighted by Gasteiger charge is 2.76. The summed E-state index contributed by atoms with van der Waals surface area (Å²) in [5.41, 5.74) is 1.43. The van der Waals surface area contributed by atoms with E-state index < -0.39 is 22.6 Å². The Morgan fingerprint density at radius 3 is 2.74 bits per heavy atom. The van der Waals surface area contributed by atoms with Gasteiger partial charge in [0.2, 0.25) is 5.91 Å². The lowest BCUT2D eigenvalue weighted by Gasteiger charge is -2.38. The Morgan fingerprint density at radius 1 is 1.31 bits per heavy atom. The molecular formula is C29H36BrClN2O5S. The number of thioether (sulfide) groups is 1. The number of esters is 1. The molecule has 3 heterocycles. The van der Waals surface area contributed by atoms with Crippen molar-refractivity contribution in [2.24, 2.45) is 11.8 Å². The van der Waals surface area contributed by atoms with Crippen molar-refractivity contribution in [3.05, 3.63) is 54.1 Å². The summed E-state index contributed by atoms with van der Waals surface area (Å²) < 4.78 is 4.86. The van der Waals surface area contributed by atoms with Crippen molar-refractivity contribution in [3.8, 4) is 0 Å². The highest BCUT2D eigenvalue weighted by Crippen LogP contribution is 2.68. The summed E-state index contributed by atoms with van der Waals surface area (Å²) in [6.45, 7) is 10.3. The first kappa shape index (κ1) is 30.2. The van der Waals surface area contributed by atoms with Crippen LogP contribution in [0.15, 0.2) is 43.5 Å². The fraction of sp³-hybridized carbons (Fsp3) is 0.552. The minimum Gasteiger partial charge on any atom is -0.465 e. The average molecular weight is 640 g/mol. The SMILES string of the molecule is C=CCCCOC(=O)[C@H]1[C@H]2C(=O)N(CCCCO)C(C(=O)N(CC=C)c3c(C)cccc3Cl)C23CC(Br)[C@@H]1S3. The summed E-state index contributed by atoms with van der Waals surface area (Å²) >= 11 is 12.0. The number of hydrogen-bond donors (Lipinski definition) is 1. The van der Waals surface area contributed by atoms with E-state index in [4.69, 9.17) is 16.3 Å². The molecule has 3 fully saturated rings. The van der Waals surface area contributed by atoms with Crippen LogP contribution in [-0.2, 0) is 19.1 Å². The van der Waals surface area contributed by atoms with Crippen LogP contribution in [0.1, 0.15) is 37.7 Å². The molecule has 3 aliphatic rings. The van der Waals surface area contributed by atoms with Gasteiger partial charge in [-0.2, -0.15) is 0 Å². The molecule has 4 rings (SSSR count). The van der Waals surface area contributed by atoms with Crippen molar-refractivity contribution in [2.75, 3.05) is 31.2 Å². The van der Waals surface area contributed by atoms with E-state index in [2.05, 4.69) is 29.1 Å². The zero-order valence-corrected chi connectivity index (χ0v) is 25.3. The number of unbranched alkanes of at least 4 members (excludes halogenated alkanes) is 2. The average Bonchev–Trinajstić information content (AvgIpc) is 3.49. The molecule has 7 nitrogen and oxygen atoms in total. The summed E-state index contributed by atoms with van der Waals surface area (Å²) in [4.78, 5) is 45.4. The lowest BCUT2D eigenvalue weighted by Crippen LogP contribution is -2.55. The number of benzene rings is 1. The molecular weight excluding hydrogens is 604 g/mol. The maximum absolute atomic E-state index is 14.6. The number of nitrogens with zero attached hydrogens (tertiary/aromatic N) is 2. The van der Waals surface area contributed by atoms with Crippen molar-refractivity contribution in [2.45, 2.75) is 59.9 Å². The summed E-state index contributed by atoms with van der Waals surface area (Å²) in [5, 5.41) is 9.67. The van der Waals surface area contributed by atoms with Gasteiger partial charge in [-0.3, -0.25) is 14.4 Å². The Bertz CT molecular complexity index is 1110. The predicted octanol–water partition coefficient (Wildman–Crippen LogP) is 4.91. The fourth-order valence-electron chi connectivity index (χ4n) is 6.34. The van der Waals surface area contributed by atoms with Gasteiger partial charge in [-0.15, -0.1) is 24.9 Å². The molecule has 3 aliphatic heterocycles. The molecule has 2 bridgehead atoms. The van der Waals surface area contributed by atoms with Crippen LogP contribution in [0.2, 0.25) is 5.02 Å². The Kier molecular flexibility index (Phi) is 9.89. The van der Waals surface area contributed by atoms with E-state index in [0.717, 1.165) is 12.0 Å². The van der Waals surface area contributed by atoms with E-state index in [-0.39, 0.29) is 47.6 Å². The topological polar surface area (TPSA) is 87.1 Å². The van der Waals surface area contributed by atoms with Crippen LogP contribution in [0.5, 0.6) is 0 Å². The van der Waals surface area contributed by atoms with E-state index in [9.17, 15) is 19.5 Å². The van der Waals surface area contributed by atoms with E-state index >= 15 is 0 Å². The van der Waals surface area contributed by atoms with Gasteiger partial charge in [0.1, 0.15) is 6.04 Å². The third-order valence-electron chi connectivity index (χ3n) is 7.94. The Balaban J connectivity index is 1.74. The van der Waals surface area contributed by atoms with Crippen LogP contribution in [0.3, 0.4) is 0 Å². The molecule has 1 spiro atoms. The molecule has 39 heavy (non-hydrogen) atoms. The van der Waals surface area contributed by atoms with Gasteiger partial charge in [-0.1, -0.05) is 51.8 Å². The smallest absolute Gasteiger partial charge is 0.310 e. The molecule has 1 aromatic carbocycles. The molecule has 1 aromatic rings. The number of halogens is 2. The van der Waals surface area contributed by atoms with Gasteiger partial charge in [0.05, 0.1) is 33.9 Å². The predicted molar refractivity (Wildman–Crippen MR) is 159 cm³/mol. The van der Waals surface area contributed by atoms with Crippen LogP contribution < -0.4 is 4.90 Å². The number of anilines is 1. The molecule has 1 N–H and O–H groups in total. The van der Waals surface area contributed by atoms with Gasteiger partial charge in [0.15, 0.2) is 0 Å². The number of para-hydroxylation sites is 1. The Morgan fingerprint density at radius 2 is 2.08 bits per heavy atom. The van der Waals surface area contributed by atoms with Crippen molar-refractivity contribution < 1.29 is 24.2 Å². The number of amides is 2. The lowest BCUT2D eigenvalue weighted by atomic mass is 9.71. The number of ether oxygens (including phenoxy) is 1. The zero-order valence-electron chi connectivity index (χ0n) is 22.2. The van der Waals surface area contributed by atoms with Crippen LogP contribution in [0, 0.1) is 18.8 Å². The molecule has 10 heteroatoms. The number of likely N-dealkylation sites (tertiary alicyclic amines) is 1. The highest BCUT2D eigenvalue weighted by molar-refractivity contribution is 9.09. The number of carbonyl (C=O) groups is 3. The zero-order chi connectivity index (χ0) is 28.3. The monoisotopic (exact) mass is 638 g/mol. The number of aliphatic hydroxyl groups is 1. The summed E-state index contributed by atoms with van der Waals surface area (Å²) in [5.74, 6) is -2.11. The van der Waals surface area contributed by atoms with E-state index in [0.29, 0.717) is 42.9 Å². The van der Waals surface area contributed by atoms with E-state index in [1.54, 1.807) is 39.8 Å². The number of fused-ring (bicyclic) bond motifs is 1. The normalized spacial score (nSPS) is 28.9. The minimum absolute atomic E-state index is 0.00339. The standard InChI is InChI=1S/C29H36BrClN2O5S/c1-4-6-9-16-38-28(37)21-22-26(35)33(14-7-8-15-34)25(29(22)17-19(30)24(21)39-29)27(36)32(13-5-2)23-18(3)11-10-12-20(23)31/h4-5,10-12,19,21-22,24-25,34H,1-2,6-9,13-17H2,3H3/t19?,21-,22-,24-,25?,29?/m0/s1. The largest absolute Gasteiger partial charge is 0.465 e. The number of carbonyl (C=O) groups excluding carboxylic acids is 3. The Labute approximate surface area is 248 Å². The van der Waals surface area contributed by atoms with Gasteiger partial charge in [-0.05, 0) is 50.7 Å². The fourth-order valence-corrected chi connectivity index (χ4v) is 10.3. The number of aryl methyl sites for hydroxylation is 1. The molecule has 3 saturated heterocycles. The maximum atomic E-state index is 14.6. The summed E-state index contributed by atoms with van der Waals surface area (Å²) in [6.07, 6.45) is 6.47. The van der Waals surface area contributed by atoms with E-state index in [1.807, 2.05) is 19.1 Å². The Hall–Kier alpha value is -1.81. The second-order valence-electron chi connectivity index (χ2n) is 10.4. The molecule has 212 valence electrons. The second-order valence-corrected chi connectivity index (χ2v) is 13.5. The molecule has 2 amide bonds. The summed E-state index contributed by atoms with van der Waals surface area (Å²) in [7, 11) is 0. The minimum atomic E-state index is -0.794. The van der Waals surface area contributed by atoms with Gasteiger partial charge < -0.3 is 19.6 Å². The van der Waals surface area contributed by atoms with E-state index in [1.165, 1.54) is 0 Å². The number of rotatable bonds is 13. The quantitative estimate of drug-likeness (QED) is 0.143. The van der Waals surface area contributed by atoms with Gasteiger partial charge >= 0.3 is 5.97 Å². The third kappa shape index (κ3) is 5.44. The first-order valence-electron chi connectivity index (χ1n) is 13.4. The maximum Gasteiger partial charge on any atom is 0.310 e. The van der Waals surface area contributed by atoms with Crippen LogP contribution in [-0.4, -0.2) is 75.0 Å². The molecule has 0 aromatic heterocycles. The van der Waals surface area contributed by atoms with Gasteiger partial charge in [0, 0.05) is 29.8 Å². The molecule has 3 unspecified atom stereocenters. The van der Waals surface area contributed by atoms with Crippen molar-refractivity contribution in [1.82, 2.24) is 4.90 Å². The lowest BCUT2D eigenvalue weighted by molar-refractivity contribution is -0.154. The van der Waals surface area contributed by atoms with Gasteiger partial charge in [-0.25, -0.2) is 0 Å². The van der Waals surface area contributed by atoms with Crippen LogP contribution in [0.4, 0.5) is 5.69 Å². The summed E-state index contributed by atoms with van der Waals surface area (Å²) in [6, 6.07) is 4.68. The molecule has 0 radical (unpaired) electrons. The number of aliphatic hydroxyl groups excluding tert-OH is 1. The van der Waals surface area contributed by atoms with Crippen molar-refractivity contribution in [1.29, 1.82) is 0 Å². The number of allylic oxidation sites excluding steroid dienone is 1. The van der Waals surface area contributed by atoms with Gasteiger partial charge in [0.25, 0.3) is 5.91 Å². The molecule has 0 saturated carbocycles. The number of hydrogen-bond acceptors (Lipinski definition) is 6. The van der Waals surface area contributed by atoms with Crippen LogP contribution in [0.25, 0.3) is 0 Å². The second kappa shape index (κ2) is 12.8. The molecule has 6 atom stereocenters. The molecule has 0 aliphatic carbocycles. The van der Waals surface area contributed by atoms with Crippen LogP contribution >= 0.6 is 39.3 Å². The van der Waals surface area contributed by atoms with Crippen molar-refractivity contribution in [3.63, 3.8) is 0 Å².